The molecule has 50 valence electrons. The molecule has 0 bridgehead atoms. The van der Waals surface area contributed by atoms with Gasteiger partial charge in [0.05, 0.1) is 0 Å². The first kappa shape index (κ1) is 7.88. The molecule has 0 rings (SSSR count). The average molecular weight is 120 g/mol. The molecule has 2 N–H and O–H groups in total. The van der Waals surface area contributed by atoms with Gasteiger partial charge >= 0.3 is 0 Å². The summed E-state index contributed by atoms with van der Waals surface area (Å²) < 4.78 is 0. The van der Waals surface area contributed by atoms with E-state index in [9.17, 15) is 0 Å². The zero-order valence-electron chi connectivity index (χ0n) is 5.63. The van der Waals surface area contributed by atoms with Crippen LogP contribution >= 0.6 is 0 Å². The number of rotatable bonds is 2. The molecular formula is C5H14NO2+. The molecule has 3 heteroatoms. The third kappa shape index (κ3) is 1.78. The monoisotopic (exact) mass is 120 g/mol. The largest absolute Gasteiger partial charge is 0.182 e. The summed E-state index contributed by atoms with van der Waals surface area (Å²) in [7, 11) is 0. The number of hydrogen-bond acceptors (Lipinski definition) is 2. The Kier molecular flexibility index (Phi) is 2.40. The zero-order chi connectivity index (χ0) is 6.78. The van der Waals surface area contributed by atoms with Gasteiger partial charge < -0.3 is 0 Å². The second-order valence-corrected chi connectivity index (χ2v) is 2.20. The molecule has 0 aromatic rings. The predicted octanol–water partition coefficient (Wildman–Crippen LogP) is 1.01. The van der Waals surface area contributed by atoms with Crippen molar-refractivity contribution in [1.29, 1.82) is 0 Å². The fraction of sp³-hybridized carbons (Fsp3) is 1.00. The van der Waals surface area contributed by atoms with E-state index in [4.69, 9.17) is 10.4 Å². The molecule has 0 spiro atoms. The van der Waals surface area contributed by atoms with Gasteiger partial charge in [0.15, 0.2) is 0 Å². The van der Waals surface area contributed by atoms with Crippen molar-refractivity contribution in [2.75, 3.05) is 6.54 Å². The lowest BCUT2D eigenvalue weighted by molar-refractivity contribution is -1.26. The van der Waals surface area contributed by atoms with Gasteiger partial charge in [0.2, 0.25) is 0 Å². The van der Waals surface area contributed by atoms with Gasteiger partial charge in [0.1, 0.15) is 12.6 Å². The van der Waals surface area contributed by atoms with Crippen LogP contribution in [0.1, 0.15) is 20.8 Å². The van der Waals surface area contributed by atoms with Crippen molar-refractivity contribution >= 4 is 0 Å². The first-order chi connectivity index (χ1) is 3.50. The molecule has 0 radical (unpaired) electrons. The van der Waals surface area contributed by atoms with Crippen LogP contribution in [0.3, 0.4) is 0 Å². The summed E-state index contributed by atoms with van der Waals surface area (Å²) in [6, 6.07) is -0.139. The highest BCUT2D eigenvalue weighted by molar-refractivity contribution is 4.28. The van der Waals surface area contributed by atoms with Gasteiger partial charge in [-0.2, -0.15) is 10.4 Å². The van der Waals surface area contributed by atoms with Crippen LogP contribution in [0.25, 0.3) is 0 Å². The van der Waals surface area contributed by atoms with Gasteiger partial charge in [-0.1, -0.05) is 0 Å². The maximum absolute atomic E-state index is 8.89. The molecule has 0 aromatic heterocycles. The first-order valence-electron chi connectivity index (χ1n) is 2.84. The van der Waals surface area contributed by atoms with Crippen LogP contribution in [0.15, 0.2) is 0 Å². The van der Waals surface area contributed by atoms with Gasteiger partial charge in [-0.15, -0.1) is 0 Å². The molecule has 3 nitrogen and oxygen atoms in total. The Bertz CT molecular complexity index is 70.8. The molecule has 8 heavy (non-hydrogen) atoms. The molecular weight excluding hydrogens is 106 g/mol. The van der Waals surface area contributed by atoms with Crippen LogP contribution in [0.2, 0.25) is 0 Å². The van der Waals surface area contributed by atoms with E-state index in [1.54, 1.807) is 20.8 Å². The van der Waals surface area contributed by atoms with Crippen LogP contribution in [-0.2, 0) is 0 Å². The molecule has 0 saturated heterocycles. The van der Waals surface area contributed by atoms with Gasteiger partial charge in [0, 0.05) is 0 Å². The van der Waals surface area contributed by atoms with Gasteiger partial charge in [-0.05, 0) is 25.6 Å². The zero-order valence-corrected chi connectivity index (χ0v) is 5.63. The number of nitrogens with zero attached hydrogens (tertiary/aromatic N) is 1. The Labute approximate surface area is 49.7 Å². The molecule has 0 aliphatic carbocycles. The van der Waals surface area contributed by atoms with Crippen molar-refractivity contribution in [3.8, 4) is 0 Å². The van der Waals surface area contributed by atoms with Crippen molar-refractivity contribution in [3.63, 3.8) is 0 Å². The van der Waals surface area contributed by atoms with E-state index in [2.05, 4.69) is 0 Å². The summed E-state index contributed by atoms with van der Waals surface area (Å²) in [5, 5.41) is 17.8. The fourth-order valence-corrected chi connectivity index (χ4v) is 0.365. The Morgan fingerprint density at radius 2 is 1.75 bits per heavy atom. The highest BCUT2D eigenvalue weighted by Gasteiger charge is 2.23. The maximum atomic E-state index is 8.89. The lowest BCUT2D eigenvalue weighted by atomic mass is 10.4. The van der Waals surface area contributed by atoms with E-state index in [1.165, 1.54) is 0 Å². The topological polar surface area (TPSA) is 40.5 Å². The van der Waals surface area contributed by atoms with Crippen molar-refractivity contribution in [3.05, 3.63) is 0 Å². The molecule has 0 amide bonds. The van der Waals surface area contributed by atoms with Crippen molar-refractivity contribution in [1.82, 2.24) is 0 Å². The lowest BCUT2D eigenvalue weighted by Gasteiger charge is -2.23. The van der Waals surface area contributed by atoms with Crippen molar-refractivity contribution in [2.45, 2.75) is 26.8 Å². The van der Waals surface area contributed by atoms with Crippen LogP contribution in [0.4, 0.5) is 0 Å². The molecule has 0 aliphatic heterocycles. The van der Waals surface area contributed by atoms with E-state index < -0.39 is 4.81 Å². The summed E-state index contributed by atoms with van der Waals surface area (Å²) in [6.07, 6.45) is 0. The Balaban J connectivity index is 3.71. The summed E-state index contributed by atoms with van der Waals surface area (Å²) in [5.74, 6) is 0. The highest BCUT2D eigenvalue weighted by Crippen LogP contribution is 2.01. The van der Waals surface area contributed by atoms with Crippen LogP contribution in [0.5, 0.6) is 0 Å². The van der Waals surface area contributed by atoms with Crippen LogP contribution < -0.4 is 0 Å². The maximum Gasteiger partial charge on any atom is 0.146 e. The number of quaternary nitrogens is 1. The van der Waals surface area contributed by atoms with Crippen LogP contribution in [0, 0.1) is 0 Å². The van der Waals surface area contributed by atoms with Crippen molar-refractivity contribution < 1.29 is 15.2 Å². The smallest absolute Gasteiger partial charge is 0.146 e. The third-order valence-electron chi connectivity index (χ3n) is 1.29. The Hall–Kier alpha value is -0.120. The summed E-state index contributed by atoms with van der Waals surface area (Å²) >= 11 is 0. The Morgan fingerprint density at radius 3 is 1.75 bits per heavy atom. The molecule has 0 heterocycles. The van der Waals surface area contributed by atoms with Gasteiger partial charge in [-0.3, -0.25) is 0 Å². The Morgan fingerprint density at radius 1 is 1.38 bits per heavy atom. The third-order valence-corrected chi connectivity index (χ3v) is 1.29. The SMILES string of the molecule is CC[N+](O)(O)C(C)C. The molecule has 0 saturated carbocycles. The first-order valence-corrected chi connectivity index (χ1v) is 2.84. The summed E-state index contributed by atoms with van der Waals surface area (Å²) in [4.78, 5) is -0.875. The quantitative estimate of drug-likeness (QED) is 0.421. The van der Waals surface area contributed by atoms with E-state index in [0.717, 1.165) is 0 Å². The summed E-state index contributed by atoms with van der Waals surface area (Å²) in [6.45, 7) is 5.56. The summed E-state index contributed by atoms with van der Waals surface area (Å²) in [5.41, 5.74) is 0. The minimum absolute atomic E-state index is 0.139. The molecule has 0 fully saturated rings. The predicted molar refractivity (Wildman–Crippen MR) is 29.5 cm³/mol. The van der Waals surface area contributed by atoms with E-state index in [-0.39, 0.29) is 6.04 Å². The number of hydrogen-bond donors (Lipinski definition) is 2. The van der Waals surface area contributed by atoms with Crippen LogP contribution in [-0.4, -0.2) is 27.8 Å². The highest BCUT2D eigenvalue weighted by atomic mass is 16.8. The van der Waals surface area contributed by atoms with E-state index >= 15 is 0 Å². The standard InChI is InChI=1S/C5H14NO2/c1-4-6(7,8)5(2)3/h5,7-8H,4H2,1-3H3/q+1. The average Bonchev–Trinajstić information content (AvgIpc) is 1.67. The number of hydroxylamine groups is 4. The molecule has 0 aromatic carbocycles. The second-order valence-electron chi connectivity index (χ2n) is 2.20. The van der Waals surface area contributed by atoms with E-state index in [1.807, 2.05) is 0 Å². The second kappa shape index (κ2) is 2.44. The molecule has 0 aliphatic rings. The minimum atomic E-state index is -0.875. The van der Waals surface area contributed by atoms with Crippen molar-refractivity contribution in [2.24, 2.45) is 0 Å². The lowest BCUT2D eigenvalue weighted by Crippen LogP contribution is -2.46. The van der Waals surface area contributed by atoms with Gasteiger partial charge in [0.25, 0.3) is 0 Å². The minimum Gasteiger partial charge on any atom is -0.182 e. The fourth-order valence-electron chi connectivity index (χ4n) is 0.365. The van der Waals surface area contributed by atoms with E-state index in [0.29, 0.717) is 6.54 Å². The normalized spacial score (nSPS) is 12.8. The molecule has 0 unspecified atom stereocenters. The molecule has 0 atom stereocenters. The van der Waals surface area contributed by atoms with Gasteiger partial charge in [-0.25, -0.2) is 0 Å².